The zero-order chi connectivity index (χ0) is 18.3. The molecule has 4 rings (SSSR count). The number of hydrogen-bond acceptors (Lipinski definition) is 6. The van der Waals surface area contributed by atoms with Crippen LogP contribution in [0.4, 0.5) is 5.82 Å². The third kappa shape index (κ3) is 2.65. The van der Waals surface area contributed by atoms with Crippen molar-refractivity contribution in [3.8, 4) is 5.69 Å². The molecule has 0 bridgehead atoms. The lowest BCUT2D eigenvalue weighted by molar-refractivity contribution is 0.0517. The van der Waals surface area contributed by atoms with Crippen molar-refractivity contribution in [1.82, 2.24) is 19.5 Å². The van der Waals surface area contributed by atoms with Crippen LogP contribution in [0.3, 0.4) is 0 Å². The largest absolute Gasteiger partial charge is 0.461 e. The molecule has 2 aliphatic rings. The van der Waals surface area contributed by atoms with Crippen LogP contribution in [0.15, 0.2) is 12.5 Å². The molecule has 1 atom stereocenters. The van der Waals surface area contributed by atoms with Gasteiger partial charge in [-0.05, 0) is 37.8 Å². The number of halogens is 1. The molecule has 0 spiro atoms. The minimum absolute atomic E-state index is 0.00141. The number of aromatic nitrogens is 4. The Morgan fingerprint density at radius 2 is 2.08 bits per heavy atom. The number of rotatable bonds is 4. The molecule has 1 fully saturated rings. The van der Waals surface area contributed by atoms with Gasteiger partial charge in [0.15, 0.2) is 11.5 Å². The van der Waals surface area contributed by atoms with Gasteiger partial charge in [-0.15, -0.1) is 0 Å². The van der Waals surface area contributed by atoms with E-state index in [0.29, 0.717) is 18.3 Å². The fraction of sp³-hybridized carbons (Fsp3) is 0.556. The van der Waals surface area contributed by atoms with Crippen LogP contribution in [-0.2, 0) is 4.74 Å². The second-order valence-electron chi connectivity index (χ2n) is 6.69. The minimum atomic E-state index is -0.385. The van der Waals surface area contributed by atoms with E-state index in [2.05, 4.69) is 26.8 Å². The number of anilines is 1. The van der Waals surface area contributed by atoms with E-state index in [9.17, 15) is 4.79 Å². The van der Waals surface area contributed by atoms with Crippen LogP contribution < -0.4 is 4.90 Å². The Morgan fingerprint density at radius 3 is 2.77 bits per heavy atom. The number of carbonyl (C=O) groups excluding carboxylic acids is 1. The maximum Gasteiger partial charge on any atom is 0.358 e. The molecule has 1 saturated carbocycles. The summed E-state index contributed by atoms with van der Waals surface area (Å²) in [7, 11) is 0. The van der Waals surface area contributed by atoms with E-state index in [1.54, 1.807) is 19.4 Å². The molecule has 8 heteroatoms. The first kappa shape index (κ1) is 17.3. The zero-order valence-electron chi connectivity index (χ0n) is 15.0. The van der Waals surface area contributed by atoms with Crippen molar-refractivity contribution in [2.75, 3.05) is 11.5 Å². The predicted octanol–water partition coefficient (Wildman–Crippen LogP) is 3.71. The average molecular weight is 376 g/mol. The Balaban J connectivity index is 1.90. The van der Waals surface area contributed by atoms with Gasteiger partial charge in [-0.2, -0.15) is 4.98 Å². The lowest BCUT2D eigenvalue weighted by Gasteiger charge is -2.41. The van der Waals surface area contributed by atoms with Crippen molar-refractivity contribution in [1.29, 1.82) is 0 Å². The van der Waals surface area contributed by atoms with E-state index >= 15 is 0 Å². The highest BCUT2D eigenvalue weighted by atomic mass is 35.5. The number of carbonyl (C=O) groups is 1. The van der Waals surface area contributed by atoms with Gasteiger partial charge in [-0.3, -0.25) is 4.57 Å². The SMILES string of the molecule is CCOC(=O)c1ncn2c1[C@@H](CC)N(C1CCCC1)c1nc(Cl)ncc1-2. The van der Waals surface area contributed by atoms with E-state index in [4.69, 9.17) is 16.3 Å². The average Bonchev–Trinajstić information content (AvgIpc) is 3.30. The Hall–Kier alpha value is -2.15. The first-order chi connectivity index (χ1) is 12.7. The summed E-state index contributed by atoms with van der Waals surface area (Å²) in [6.45, 7) is 4.24. The van der Waals surface area contributed by atoms with E-state index in [1.165, 1.54) is 12.8 Å². The Labute approximate surface area is 157 Å². The lowest BCUT2D eigenvalue weighted by atomic mass is 10.0. The van der Waals surface area contributed by atoms with Crippen LogP contribution in [0.25, 0.3) is 5.69 Å². The van der Waals surface area contributed by atoms with E-state index < -0.39 is 0 Å². The third-order valence-corrected chi connectivity index (χ3v) is 5.44. The molecule has 1 aliphatic heterocycles. The van der Waals surface area contributed by atoms with Crippen molar-refractivity contribution in [3.63, 3.8) is 0 Å². The molecule has 138 valence electrons. The molecular weight excluding hydrogens is 354 g/mol. The maximum absolute atomic E-state index is 12.5. The van der Waals surface area contributed by atoms with Crippen LogP contribution in [0.1, 0.15) is 68.2 Å². The Morgan fingerprint density at radius 1 is 1.31 bits per heavy atom. The summed E-state index contributed by atoms with van der Waals surface area (Å²) in [4.78, 5) is 27.9. The topological polar surface area (TPSA) is 73.1 Å². The monoisotopic (exact) mass is 375 g/mol. The normalized spacial score (nSPS) is 19.3. The van der Waals surface area contributed by atoms with Crippen LogP contribution in [-0.4, -0.2) is 38.1 Å². The van der Waals surface area contributed by atoms with Gasteiger partial charge in [0.2, 0.25) is 5.28 Å². The molecule has 2 aromatic heterocycles. The van der Waals surface area contributed by atoms with Gasteiger partial charge in [-0.25, -0.2) is 14.8 Å². The first-order valence-electron chi connectivity index (χ1n) is 9.21. The van der Waals surface area contributed by atoms with Crippen LogP contribution in [0.2, 0.25) is 5.28 Å². The molecule has 0 saturated heterocycles. The Kier molecular flexibility index (Phi) is 4.56. The standard InChI is InChI=1S/C18H22ClN5O2/c1-3-12-15-14(17(25)26-4-2)21-10-23(15)13-9-20-18(19)22-16(13)24(12)11-7-5-6-8-11/h9-12H,3-8H2,1-2H3/t12-/m1/s1. The highest BCUT2D eigenvalue weighted by molar-refractivity contribution is 6.28. The number of ether oxygens (including phenoxy) is 1. The van der Waals surface area contributed by atoms with Gasteiger partial charge in [0.1, 0.15) is 12.0 Å². The van der Waals surface area contributed by atoms with Crippen molar-refractivity contribution in [2.45, 2.75) is 58.0 Å². The fourth-order valence-electron chi connectivity index (χ4n) is 4.21. The number of nitrogens with zero attached hydrogens (tertiary/aromatic N) is 5. The predicted molar refractivity (Wildman–Crippen MR) is 97.9 cm³/mol. The molecule has 1 aliphatic carbocycles. The molecule has 0 aromatic carbocycles. The number of fused-ring (bicyclic) bond motifs is 3. The highest BCUT2D eigenvalue weighted by Gasteiger charge is 2.40. The first-order valence-corrected chi connectivity index (χ1v) is 9.59. The lowest BCUT2D eigenvalue weighted by Crippen LogP contribution is -2.42. The van der Waals surface area contributed by atoms with Crippen molar-refractivity contribution in [3.05, 3.63) is 29.2 Å². The number of imidazole rings is 1. The van der Waals surface area contributed by atoms with Crippen LogP contribution in [0, 0.1) is 0 Å². The molecule has 0 amide bonds. The quantitative estimate of drug-likeness (QED) is 0.599. The molecule has 0 radical (unpaired) electrons. The molecule has 0 unspecified atom stereocenters. The molecule has 0 N–H and O–H groups in total. The minimum Gasteiger partial charge on any atom is -0.461 e. The van der Waals surface area contributed by atoms with Crippen LogP contribution >= 0.6 is 11.6 Å². The number of hydrogen-bond donors (Lipinski definition) is 0. The molecular formula is C18H22ClN5O2. The second kappa shape index (κ2) is 6.87. The second-order valence-corrected chi connectivity index (χ2v) is 7.02. The smallest absolute Gasteiger partial charge is 0.358 e. The maximum atomic E-state index is 12.5. The zero-order valence-corrected chi connectivity index (χ0v) is 15.7. The van der Waals surface area contributed by atoms with Crippen molar-refractivity contribution in [2.24, 2.45) is 0 Å². The fourth-order valence-corrected chi connectivity index (χ4v) is 4.34. The van der Waals surface area contributed by atoms with Gasteiger partial charge in [-0.1, -0.05) is 19.8 Å². The van der Waals surface area contributed by atoms with E-state index in [1.807, 2.05) is 4.57 Å². The molecule has 7 nitrogen and oxygen atoms in total. The van der Waals surface area contributed by atoms with E-state index in [-0.39, 0.29) is 17.3 Å². The van der Waals surface area contributed by atoms with Gasteiger partial charge in [0.25, 0.3) is 0 Å². The summed E-state index contributed by atoms with van der Waals surface area (Å²) < 4.78 is 7.14. The third-order valence-electron chi connectivity index (χ3n) is 5.25. The summed E-state index contributed by atoms with van der Waals surface area (Å²) in [5.74, 6) is 0.438. The summed E-state index contributed by atoms with van der Waals surface area (Å²) in [6, 6.07) is 0.377. The van der Waals surface area contributed by atoms with Gasteiger partial charge in [0.05, 0.1) is 24.5 Å². The molecule has 2 aromatic rings. The Bertz CT molecular complexity index is 831. The summed E-state index contributed by atoms with van der Waals surface area (Å²) in [6.07, 6.45) is 8.83. The van der Waals surface area contributed by atoms with Crippen molar-refractivity contribution >= 4 is 23.4 Å². The van der Waals surface area contributed by atoms with Crippen LogP contribution in [0.5, 0.6) is 0 Å². The van der Waals surface area contributed by atoms with Gasteiger partial charge < -0.3 is 9.64 Å². The summed E-state index contributed by atoms with van der Waals surface area (Å²) in [5.41, 5.74) is 2.04. The molecule has 26 heavy (non-hydrogen) atoms. The summed E-state index contributed by atoms with van der Waals surface area (Å²) >= 11 is 6.12. The summed E-state index contributed by atoms with van der Waals surface area (Å²) in [5, 5.41) is 0.232. The van der Waals surface area contributed by atoms with Gasteiger partial charge in [0, 0.05) is 6.04 Å². The molecule has 3 heterocycles. The van der Waals surface area contributed by atoms with Gasteiger partial charge >= 0.3 is 5.97 Å². The number of esters is 1. The van der Waals surface area contributed by atoms with Crippen molar-refractivity contribution < 1.29 is 9.53 Å². The highest BCUT2D eigenvalue weighted by Crippen LogP contribution is 2.44. The van der Waals surface area contributed by atoms with E-state index in [0.717, 1.165) is 36.5 Å².